The van der Waals surface area contributed by atoms with Crippen LogP contribution in [0.1, 0.15) is 35.0 Å². The van der Waals surface area contributed by atoms with Gasteiger partial charge in [0.2, 0.25) is 5.91 Å². The van der Waals surface area contributed by atoms with E-state index >= 15 is 0 Å². The Morgan fingerprint density at radius 1 is 1.28 bits per heavy atom. The third-order valence-electron chi connectivity index (χ3n) is 5.55. The van der Waals surface area contributed by atoms with Crippen molar-refractivity contribution in [1.82, 2.24) is 9.80 Å². The van der Waals surface area contributed by atoms with Crippen LogP contribution in [-0.4, -0.2) is 52.3 Å². The highest BCUT2D eigenvalue weighted by atomic mass is 32.1. The predicted molar refractivity (Wildman–Crippen MR) is 116 cm³/mol. The molecule has 0 radical (unpaired) electrons. The zero-order chi connectivity index (χ0) is 20.8. The number of hydrogen-bond acceptors (Lipinski definition) is 5. The lowest BCUT2D eigenvalue weighted by Gasteiger charge is -2.36. The molecule has 1 aromatic heterocycles. The first kappa shape index (κ1) is 21.3. The molecule has 1 aromatic carbocycles. The van der Waals surface area contributed by atoms with E-state index in [-0.39, 0.29) is 29.4 Å². The number of nitrogens with zero attached hydrogens (tertiary/aromatic N) is 2. The zero-order valence-corrected chi connectivity index (χ0v) is 17.6. The molecule has 1 atom stereocenters. The summed E-state index contributed by atoms with van der Waals surface area (Å²) in [5, 5.41) is 11.4. The average molecular weight is 413 g/mol. The van der Waals surface area contributed by atoms with Crippen LogP contribution in [0.4, 0.5) is 0 Å². The molecule has 2 aromatic rings. The second kappa shape index (κ2) is 9.85. The fraction of sp³-hybridized carbons (Fsp3) is 0.391. The number of aromatic hydroxyl groups is 1. The maximum atomic E-state index is 13.1. The van der Waals surface area contributed by atoms with Gasteiger partial charge in [0.25, 0.3) is 0 Å². The van der Waals surface area contributed by atoms with E-state index in [0.29, 0.717) is 18.7 Å². The molecule has 1 aliphatic heterocycles. The molecule has 2 heterocycles. The predicted octanol–water partition coefficient (Wildman–Crippen LogP) is 3.95. The highest BCUT2D eigenvalue weighted by molar-refractivity contribution is 7.09. The zero-order valence-electron chi connectivity index (χ0n) is 16.8. The van der Waals surface area contributed by atoms with Gasteiger partial charge in [-0.3, -0.25) is 14.5 Å². The number of rotatable bonds is 8. The van der Waals surface area contributed by atoms with Crippen molar-refractivity contribution in [3.63, 3.8) is 0 Å². The number of benzene rings is 1. The van der Waals surface area contributed by atoms with Crippen molar-refractivity contribution < 1.29 is 14.7 Å². The number of hydrogen-bond donors (Lipinski definition) is 1. The van der Waals surface area contributed by atoms with Crippen molar-refractivity contribution >= 4 is 23.0 Å². The minimum absolute atomic E-state index is 0.0338. The number of amides is 1. The molecule has 1 N–H and O–H groups in total. The Labute approximate surface area is 176 Å². The van der Waals surface area contributed by atoms with Crippen molar-refractivity contribution in [2.75, 3.05) is 19.6 Å². The van der Waals surface area contributed by atoms with Gasteiger partial charge in [-0.2, -0.15) is 0 Å². The topological polar surface area (TPSA) is 60.9 Å². The van der Waals surface area contributed by atoms with E-state index in [1.54, 1.807) is 41.7 Å². The van der Waals surface area contributed by atoms with Gasteiger partial charge in [0.05, 0.1) is 12.6 Å². The largest absolute Gasteiger partial charge is 0.508 e. The van der Waals surface area contributed by atoms with Gasteiger partial charge in [-0.15, -0.1) is 17.9 Å². The molecule has 1 saturated heterocycles. The molecular formula is C23H28N2O3S. The molecular weight excluding hydrogens is 384 g/mol. The van der Waals surface area contributed by atoms with Crippen LogP contribution in [0.3, 0.4) is 0 Å². The van der Waals surface area contributed by atoms with Crippen LogP contribution in [0.15, 0.2) is 54.4 Å². The number of thiophene rings is 1. The first-order chi connectivity index (χ1) is 14.0. The van der Waals surface area contributed by atoms with E-state index in [2.05, 4.69) is 11.5 Å². The average Bonchev–Trinajstić information content (AvgIpc) is 3.26. The highest BCUT2D eigenvalue weighted by Gasteiger charge is 2.31. The van der Waals surface area contributed by atoms with E-state index in [1.807, 2.05) is 29.3 Å². The second-order valence-corrected chi connectivity index (χ2v) is 8.52. The summed E-state index contributed by atoms with van der Waals surface area (Å²) in [6, 6.07) is 10.3. The van der Waals surface area contributed by atoms with Gasteiger partial charge in [-0.1, -0.05) is 12.1 Å². The van der Waals surface area contributed by atoms with Crippen LogP contribution in [0.5, 0.6) is 5.75 Å². The Balaban J connectivity index is 1.57. The summed E-state index contributed by atoms with van der Waals surface area (Å²) < 4.78 is 0. The molecule has 1 aliphatic rings. The molecule has 1 unspecified atom stereocenters. The van der Waals surface area contributed by atoms with Gasteiger partial charge in [0.1, 0.15) is 5.75 Å². The molecule has 0 spiro atoms. The highest BCUT2D eigenvalue weighted by Crippen LogP contribution is 2.25. The molecule has 1 amide bonds. The Morgan fingerprint density at radius 3 is 2.55 bits per heavy atom. The number of ketones is 1. The normalized spacial score (nSPS) is 16.3. The second-order valence-electron chi connectivity index (χ2n) is 7.48. The molecule has 0 aliphatic carbocycles. The number of piperidine rings is 1. The van der Waals surface area contributed by atoms with Crippen LogP contribution < -0.4 is 0 Å². The lowest BCUT2D eigenvalue weighted by Crippen LogP contribution is -2.50. The standard InChI is InChI=1S/C23H28N2O3S/c1-3-12-25(16-21-5-4-15-29-21)23(28)17(2)24-13-10-19(11-14-24)22(27)18-6-8-20(26)9-7-18/h3-9,15,17,19,26H,1,10-14,16H2,2H3. The van der Waals surface area contributed by atoms with Crippen molar-refractivity contribution in [2.24, 2.45) is 5.92 Å². The van der Waals surface area contributed by atoms with Gasteiger partial charge < -0.3 is 10.0 Å². The number of Topliss-reactive ketones (excluding diaryl/α,β-unsaturated/α-hetero) is 1. The summed E-state index contributed by atoms with van der Waals surface area (Å²) in [7, 11) is 0. The van der Waals surface area contributed by atoms with Gasteiger partial charge in [-0.05, 0) is 68.6 Å². The van der Waals surface area contributed by atoms with Crippen LogP contribution in [0, 0.1) is 5.92 Å². The van der Waals surface area contributed by atoms with Crippen LogP contribution in [0.25, 0.3) is 0 Å². The third kappa shape index (κ3) is 5.34. The molecule has 3 rings (SSSR count). The van der Waals surface area contributed by atoms with Gasteiger partial charge in [0, 0.05) is 22.9 Å². The molecule has 0 saturated carbocycles. The maximum Gasteiger partial charge on any atom is 0.240 e. The summed E-state index contributed by atoms with van der Waals surface area (Å²) in [6.45, 7) is 8.32. The van der Waals surface area contributed by atoms with Crippen molar-refractivity contribution in [3.8, 4) is 5.75 Å². The summed E-state index contributed by atoms with van der Waals surface area (Å²) in [5.74, 6) is 0.347. The molecule has 1 fully saturated rings. The van der Waals surface area contributed by atoms with Crippen LogP contribution in [0.2, 0.25) is 0 Å². The molecule has 0 bridgehead atoms. The summed E-state index contributed by atoms with van der Waals surface area (Å²) >= 11 is 1.65. The lowest BCUT2D eigenvalue weighted by atomic mass is 9.88. The summed E-state index contributed by atoms with van der Waals surface area (Å²) in [6.07, 6.45) is 3.24. The number of likely N-dealkylation sites (tertiary alicyclic amines) is 1. The minimum Gasteiger partial charge on any atom is -0.508 e. The Hall–Kier alpha value is -2.44. The molecule has 5 nitrogen and oxygen atoms in total. The minimum atomic E-state index is -0.223. The molecule has 6 heteroatoms. The number of phenolic OH excluding ortho intramolecular Hbond substituents is 1. The molecule has 29 heavy (non-hydrogen) atoms. The SMILES string of the molecule is C=CCN(Cc1cccs1)C(=O)C(C)N1CCC(C(=O)c2ccc(O)cc2)CC1. The smallest absolute Gasteiger partial charge is 0.240 e. The first-order valence-corrected chi connectivity index (χ1v) is 10.9. The van der Waals surface area contributed by atoms with E-state index in [1.165, 1.54) is 0 Å². The lowest BCUT2D eigenvalue weighted by molar-refractivity contribution is -0.137. The van der Waals surface area contributed by atoms with Crippen molar-refractivity contribution in [2.45, 2.75) is 32.4 Å². The summed E-state index contributed by atoms with van der Waals surface area (Å²) in [5.41, 5.74) is 0.637. The molecule has 154 valence electrons. The van der Waals surface area contributed by atoms with Gasteiger partial charge >= 0.3 is 0 Å². The summed E-state index contributed by atoms with van der Waals surface area (Å²) in [4.78, 5) is 31.0. The maximum absolute atomic E-state index is 13.1. The van der Waals surface area contributed by atoms with Crippen LogP contribution in [-0.2, 0) is 11.3 Å². The fourth-order valence-corrected chi connectivity index (χ4v) is 4.53. The Bertz CT molecular complexity index is 824. The van der Waals surface area contributed by atoms with E-state index in [0.717, 1.165) is 30.8 Å². The van der Waals surface area contributed by atoms with E-state index < -0.39 is 0 Å². The number of carbonyl (C=O) groups excluding carboxylic acids is 2. The van der Waals surface area contributed by atoms with Gasteiger partial charge in [-0.25, -0.2) is 0 Å². The quantitative estimate of drug-likeness (QED) is 0.527. The van der Waals surface area contributed by atoms with Crippen molar-refractivity contribution in [1.29, 1.82) is 0 Å². The third-order valence-corrected chi connectivity index (χ3v) is 6.41. The van der Waals surface area contributed by atoms with Crippen LogP contribution >= 0.6 is 11.3 Å². The van der Waals surface area contributed by atoms with E-state index in [9.17, 15) is 14.7 Å². The van der Waals surface area contributed by atoms with Gasteiger partial charge in [0.15, 0.2) is 5.78 Å². The number of carbonyl (C=O) groups is 2. The van der Waals surface area contributed by atoms with E-state index in [4.69, 9.17) is 0 Å². The van der Waals surface area contributed by atoms with Crippen molar-refractivity contribution in [3.05, 3.63) is 64.9 Å². The fourth-order valence-electron chi connectivity index (χ4n) is 3.81. The Kier molecular flexibility index (Phi) is 7.23. The first-order valence-electron chi connectivity index (χ1n) is 9.99. The monoisotopic (exact) mass is 412 g/mol. The number of phenols is 1. The Morgan fingerprint density at radius 2 is 1.97 bits per heavy atom.